The van der Waals surface area contributed by atoms with Crippen LogP contribution in [0.25, 0.3) is 11.1 Å². The average molecular weight is 511 g/mol. The number of oxazole rings is 1. The number of halogens is 4. The second-order valence-corrected chi connectivity index (χ2v) is 8.61. The smallest absolute Gasteiger partial charge is 0.408 e. The van der Waals surface area contributed by atoms with Gasteiger partial charge in [0.2, 0.25) is 0 Å². The lowest BCUT2D eigenvalue weighted by atomic mass is 10.1. The van der Waals surface area contributed by atoms with Crippen molar-refractivity contribution in [2.45, 2.75) is 19.1 Å². The number of carbonyl (C=O) groups excluding carboxylic acids is 2. The molecule has 8 nitrogen and oxygen atoms in total. The van der Waals surface area contributed by atoms with Crippen molar-refractivity contribution < 1.29 is 27.2 Å². The third kappa shape index (κ3) is 6.04. The van der Waals surface area contributed by atoms with Crippen LogP contribution in [0.3, 0.4) is 0 Å². The van der Waals surface area contributed by atoms with Gasteiger partial charge in [0.25, 0.3) is 0 Å². The van der Waals surface area contributed by atoms with Gasteiger partial charge in [-0.3, -0.25) is 14.7 Å². The van der Waals surface area contributed by atoms with Crippen molar-refractivity contribution in [1.29, 1.82) is 0 Å². The fourth-order valence-corrected chi connectivity index (χ4v) is 4.11. The molecule has 35 heavy (non-hydrogen) atoms. The van der Waals surface area contributed by atoms with Gasteiger partial charge in [0.05, 0.1) is 16.1 Å². The summed E-state index contributed by atoms with van der Waals surface area (Å²) in [6.45, 7) is 2.43. The van der Waals surface area contributed by atoms with E-state index in [0.29, 0.717) is 55.0 Å². The molecule has 2 aromatic carbocycles. The second kappa shape index (κ2) is 10.1. The number of nitrogens with zero attached hydrogens (tertiary/aromatic N) is 2. The second-order valence-electron chi connectivity index (χ2n) is 8.20. The molecule has 4 rings (SSSR count). The first kappa shape index (κ1) is 24.8. The number of rotatable bonds is 6. The minimum Gasteiger partial charge on any atom is -0.408 e. The van der Waals surface area contributed by atoms with E-state index in [2.05, 4.69) is 15.2 Å². The molecule has 1 fully saturated rings. The maximum atomic E-state index is 13.0. The van der Waals surface area contributed by atoms with Crippen LogP contribution in [-0.4, -0.2) is 59.3 Å². The molecule has 0 saturated carbocycles. The Balaban J connectivity index is 1.23. The van der Waals surface area contributed by atoms with Crippen molar-refractivity contribution in [3.8, 4) is 0 Å². The van der Waals surface area contributed by atoms with Crippen LogP contribution in [0, 0.1) is 0 Å². The summed E-state index contributed by atoms with van der Waals surface area (Å²) in [7, 11) is 0. The largest absolute Gasteiger partial charge is 0.417 e. The number of aromatic nitrogens is 1. The highest BCUT2D eigenvalue weighted by Gasteiger charge is 2.33. The Morgan fingerprint density at radius 2 is 1.83 bits per heavy atom. The van der Waals surface area contributed by atoms with E-state index < -0.39 is 22.5 Å². The number of urea groups is 1. The minimum absolute atomic E-state index is 0.0561. The number of hydrogen-bond donors (Lipinski definition) is 2. The quantitative estimate of drug-likeness (QED) is 0.490. The van der Waals surface area contributed by atoms with Crippen LogP contribution in [0.4, 0.5) is 18.0 Å². The predicted octanol–water partition coefficient (Wildman–Crippen LogP) is 3.89. The monoisotopic (exact) mass is 510 g/mol. The molecule has 0 radical (unpaired) electrons. The molecule has 0 atom stereocenters. The van der Waals surface area contributed by atoms with Crippen molar-refractivity contribution in [3.63, 3.8) is 0 Å². The van der Waals surface area contributed by atoms with Crippen LogP contribution in [0.2, 0.25) is 5.02 Å². The van der Waals surface area contributed by atoms with E-state index in [1.807, 2.05) is 0 Å². The van der Waals surface area contributed by atoms with Crippen LogP contribution in [0.15, 0.2) is 45.6 Å². The van der Waals surface area contributed by atoms with Gasteiger partial charge >= 0.3 is 18.0 Å². The van der Waals surface area contributed by atoms with Gasteiger partial charge in [-0.15, -0.1) is 0 Å². The first-order chi connectivity index (χ1) is 16.6. The number of alkyl halides is 3. The molecule has 3 aromatic rings. The highest BCUT2D eigenvalue weighted by molar-refractivity contribution is 6.31. The van der Waals surface area contributed by atoms with Gasteiger partial charge in [-0.1, -0.05) is 17.7 Å². The molecule has 0 aliphatic carbocycles. The number of carbonyl (C=O) groups is 2. The Morgan fingerprint density at radius 1 is 1.09 bits per heavy atom. The van der Waals surface area contributed by atoms with E-state index in [1.54, 1.807) is 17.0 Å². The molecule has 1 aliphatic rings. The summed E-state index contributed by atoms with van der Waals surface area (Å²) in [5.41, 5.74) is 0.664. The van der Waals surface area contributed by atoms with Gasteiger partial charge in [-0.2, -0.15) is 13.2 Å². The van der Waals surface area contributed by atoms with Gasteiger partial charge in [-0.25, -0.2) is 9.59 Å². The Kier molecular flexibility index (Phi) is 7.18. The number of amides is 2. The highest BCUT2D eigenvalue weighted by atomic mass is 35.5. The van der Waals surface area contributed by atoms with Gasteiger partial charge in [-0.05, 0) is 35.9 Å². The van der Waals surface area contributed by atoms with Gasteiger partial charge in [0.15, 0.2) is 11.4 Å². The Hall–Kier alpha value is -3.31. The van der Waals surface area contributed by atoms with Crippen LogP contribution in [-0.2, 0) is 12.7 Å². The molecule has 0 unspecified atom stereocenters. The molecule has 12 heteroatoms. The van der Waals surface area contributed by atoms with Crippen LogP contribution >= 0.6 is 11.6 Å². The number of benzene rings is 2. The number of aromatic amines is 1. The lowest BCUT2D eigenvalue weighted by Crippen LogP contribution is -2.51. The third-order valence-corrected chi connectivity index (χ3v) is 6.17. The summed E-state index contributed by atoms with van der Waals surface area (Å²) in [6, 6.07) is 7.96. The zero-order valence-corrected chi connectivity index (χ0v) is 19.2. The average Bonchev–Trinajstić information content (AvgIpc) is 3.20. The summed E-state index contributed by atoms with van der Waals surface area (Å²) < 4.78 is 44.0. The third-order valence-electron chi connectivity index (χ3n) is 5.84. The standard InChI is InChI=1S/C23H22ClF3N4O4/c24-17-3-1-14(11-16(17)23(25,26)27)13-28-21(33)31-9-7-30(8-10-31)6-5-19(32)15-2-4-18-20(12-15)35-22(34)29-18/h1-4,11-12H,5-10,13H2,(H,28,33)(H,29,34). The zero-order valence-electron chi connectivity index (χ0n) is 18.5. The summed E-state index contributed by atoms with van der Waals surface area (Å²) in [4.78, 5) is 42.4. The molecular weight excluding hydrogens is 489 g/mol. The minimum atomic E-state index is -4.57. The fourth-order valence-electron chi connectivity index (χ4n) is 3.89. The summed E-state index contributed by atoms with van der Waals surface area (Å²) in [6.07, 6.45) is -4.30. The molecular formula is C23H22ClF3N4O4. The highest BCUT2D eigenvalue weighted by Crippen LogP contribution is 2.35. The molecule has 0 spiro atoms. The lowest BCUT2D eigenvalue weighted by molar-refractivity contribution is -0.137. The van der Waals surface area contributed by atoms with E-state index in [9.17, 15) is 27.6 Å². The number of fused-ring (bicyclic) bond motifs is 1. The lowest BCUT2D eigenvalue weighted by Gasteiger charge is -2.34. The van der Waals surface area contributed by atoms with Gasteiger partial charge in [0.1, 0.15) is 0 Å². The SMILES string of the molecule is O=C(CCN1CCN(C(=O)NCc2ccc(Cl)c(C(F)(F)F)c2)CC1)c1ccc2[nH]c(=O)oc2c1. The Labute approximate surface area is 202 Å². The number of nitrogens with one attached hydrogen (secondary N) is 2. The van der Waals surface area contributed by atoms with Crippen LogP contribution < -0.4 is 11.1 Å². The summed E-state index contributed by atoms with van der Waals surface area (Å²) in [5.74, 6) is -0.664. The first-order valence-electron chi connectivity index (χ1n) is 10.9. The maximum Gasteiger partial charge on any atom is 0.417 e. The first-order valence-corrected chi connectivity index (χ1v) is 11.2. The number of Topliss-reactive ketones (excluding diaryl/α,β-unsaturated/α-hetero) is 1. The van der Waals surface area contributed by atoms with Crippen molar-refractivity contribution in [2.75, 3.05) is 32.7 Å². The van der Waals surface area contributed by atoms with E-state index in [-0.39, 0.29) is 24.8 Å². The van der Waals surface area contributed by atoms with Crippen molar-refractivity contribution >= 4 is 34.5 Å². The number of H-pyrrole nitrogens is 1. The molecule has 1 saturated heterocycles. The Bertz CT molecular complexity index is 1300. The van der Waals surface area contributed by atoms with Crippen molar-refractivity contribution in [3.05, 3.63) is 68.7 Å². The van der Waals surface area contributed by atoms with Crippen molar-refractivity contribution in [2.24, 2.45) is 0 Å². The fraction of sp³-hybridized carbons (Fsp3) is 0.348. The molecule has 2 heterocycles. The molecule has 2 N–H and O–H groups in total. The number of hydrogen-bond acceptors (Lipinski definition) is 5. The number of piperazine rings is 1. The predicted molar refractivity (Wildman–Crippen MR) is 122 cm³/mol. The van der Waals surface area contributed by atoms with E-state index in [0.717, 1.165) is 12.1 Å². The normalized spacial score (nSPS) is 14.9. The van der Waals surface area contributed by atoms with Crippen LogP contribution in [0.1, 0.15) is 27.9 Å². The maximum absolute atomic E-state index is 13.0. The van der Waals surface area contributed by atoms with E-state index in [4.69, 9.17) is 16.0 Å². The molecule has 0 bridgehead atoms. The van der Waals surface area contributed by atoms with Crippen LogP contribution in [0.5, 0.6) is 0 Å². The molecule has 2 amide bonds. The summed E-state index contributed by atoms with van der Waals surface area (Å²) >= 11 is 5.62. The van der Waals surface area contributed by atoms with Gasteiger partial charge < -0.3 is 14.6 Å². The molecule has 186 valence electrons. The van der Waals surface area contributed by atoms with E-state index >= 15 is 0 Å². The number of ketones is 1. The van der Waals surface area contributed by atoms with Crippen molar-refractivity contribution in [1.82, 2.24) is 20.1 Å². The molecule has 1 aromatic heterocycles. The van der Waals surface area contributed by atoms with E-state index in [1.165, 1.54) is 12.1 Å². The topological polar surface area (TPSA) is 98.6 Å². The Morgan fingerprint density at radius 3 is 2.54 bits per heavy atom. The zero-order chi connectivity index (χ0) is 25.2. The molecule has 1 aliphatic heterocycles. The van der Waals surface area contributed by atoms with Gasteiger partial charge in [0, 0.05) is 51.3 Å². The summed E-state index contributed by atoms with van der Waals surface area (Å²) in [5, 5.41) is 2.25.